The first-order valence-electron chi connectivity index (χ1n) is 7.57. The second-order valence-electron chi connectivity index (χ2n) is 5.89. The van der Waals surface area contributed by atoms with Crippen molar-refractivity contribution in [3.8, 4) is 5.75 Å². The quantitative estimate of drug-likeness (QED) is 0.733. The van der Waals surface area contributed by atoms with Crippen LogP contribution in [0.15, 0.2) is 24.3 Å². The highest BCUT2D eigenvalue weighted by molar-refractivity contribution is 7.88. The third-order valence-electron chi connectivity index (χ3n) is 3.31. The van der Waals surface area contributed by atoms with Gasteiger partial charge < -0.3 is 10.1 Å². The van der Waals surface area contributed by atoms with E-state index in [-0.39, 0.29) is 19.0 Å². The zero-order valence-electron chi connectivity index (χ0n) is 14.2. The van der Waals surface area contributed by atoms with Crippen molar-refractivity contribution in [1.82, 2.24) is 9.62 Å². The lowest BCUT2D eigenvalue weighted by atomic mass is 10.1. The number of nitrogens with one attached hydrogen (secondary N) is 1. The van der Waals surface area contributed by atoms with Gasteiger partial charge in [0, 0.05) is 13.1 Å². The standard InChI is InChI=1S/C16H26N2O4S/c1-13(2)11-17-16(19)12-18(23(4,20)21)10-9-14-5-7-15(22-3)8-6-14/h5-8,13H,9-12H2,1-4H3,(H,17,19). The second kappa shape index (κ2) is 8.88. The summed E-state index contributed by atoms with van der Waals surface area (Å²) in [4.78, 5) is 11.9. The van der Waals surface area contributed by atoms with Crippen molar-refractivity contribution in [2.45, 2.75) is 20.3 Å². The van der Waals surface area contributed by atoms with Gasteiger partial charge in [-0.2, -0.15) is 4.31 Å². The number of benzene rings is 1. The lowest BCUT2D eigenvalue weighted by Gasteiger charge is -2.20. The number of carbonyl (C=O) groups is 1. The van der Waals surface area contributed by atoms with E-state index >= 15 is 0 Å². The van der Waals surface area contributed by atoms with Crippen LogP contribution in [0.2, 0.25) is 0 Å². The maximum Gasteiger partial charge on any atom is 0.235 e. The molecule has 1 amide bonds. The largest absolute Gasteiger partial charge is 0.497 e. The molecule has 0 aliphatic rings. The number of sulfonamides is 1. The van der Waals surface area contributed by atoms with E-state index in [1.807, 2.05) is 38.1 Å². The van der Waals surface area contributed by atoms with Crippen molar-refractivity contribution in [3.63, 3.8) is 0 Å². The molecule has 1 rings (SSSR count). The molecule has 0 aromatic heterocycles. The molecule has 1 aromatic rings. The molecule has 0 heterocycles. The summed E-state index contributed by atoms with van der Waals surface area (Å²) in [5, 5.41) is 2.74. The summed E-state index contributed by atoms with van der Waals surface area (Å²) in [5.41, 5.74) is 0.988. The van der Waals surface area contributed by atoms with Gasteiger partial charge in [-0.3, -0.25) is 4.79 Å². The summed E-state index contributed by atoms with van der Waals surface area (Å²) in [6, 6.07) is 7.43. The van der Waals surface area contributed by atoms with Crippen molar-refractivity contribution < 1.29 is 17.9 Å². The molecular formula is C16H26N2O4S. The molecule has 0 unspecified atom stereocenters. The van der Waals surface area contributed by atoms with Crippen LogP contribution in [-0.2, 0) is 21.2 Å². The van der Waals surface area contributed by atoms with E-state index in [2.05, 4.69) is 5.32 Å². The SMILES string of the molecule is COc1ccc(CCN(CC(=O)NCC(C)C)S(C)(=O)=O)cc1. The molecule has 0 aliphatic carbocycles. The molecule has 0 spiro atoms. The Bertz CT molecular complexity index is 597. The van der Waals surface area contributed by atoms with Gasteiger partial charge in [0.1, 0.15) is 5.75 Å². The summed E-state index contributed by atoms with van der Waals surface area (Å²) in [5.74, 6) is 0.797. The molecule has 130 valence electrons. The van der Waals surface area contributed by atoms with Gasteiger partial charge in [-0.15, -0.1) is 0 Å². The van der Waals surface area contributed by atoms with Crippen LogP contribution in [0.3, 0.4) is 0 Å². The minimum absolute atomic E-state index is 0.151. The number of ether oxygens (including phenoxy) is 1. The summed E-state index contributed by atoms with van der Waals surface area (Å²) < 4.78 is 30.0. The van der Waals surface area contributed by atoms with E-state index in [4.69, 9.17) is 4.74 Å². The predicted octanol–water partition coefficient (Wildman–Crippen LogP) is 1.27. The molecule has 0 saturated carbocycles. The summed E-state index contributed by atoms with van der Waals surface area (Å²) in [7, 11) is -1.84. The molecule has 0 fully saturated rings. The molecule has 0 radical (unpaired) electrons. The van der Waals surface area contributed by atoms with E-state index in [0.717, 1.165) is 17.6 Å². The minimum Gasteiger partial charge on any atom is -0.497 e. The number of rotatable bonds is 9. The number of amides is 1. The molecule has 0 saturated heterocycles. The maximum atomic E-state index is 11.9. The lowest BCUT2D eigenvalue weighted by molar-refractivity contribution is -0.121. The fraction of sp³-hybridized carbons (Fsp3) is 0.562. The molecule has 6 nitrogen and oxygen atoms in total. The van der Waals surface area contributed by atoms with Gasteiger partial charge in [0.05, 0.1) is 19.9 Å². The van der Waals surface area contributed by atoms with Crippen LogP contribution in [0.1, 0.15) is 19.4 Å². The number of hydrogen-bond acceptors (Lipinski definition) is 4. The zero-order chi connectivity index (χ0) is 17.5. The molecule has 0 atom stereocenters. The minimum atomic E-state index is -3.43. The molecule has 1 N–H and O–H groups in total. The average Bonchev–Trinajstić information content (AvgIpc) is 2.48. The highest BCUT2D eigenvalue weighted by Gasteiger charge is 2.19. The van der Waals surface area contributed by atoms with Crippen molar-refractivity contribution in [3.05, 3.63) is 29.8 Å². The first-order chi connectivity index (χ1) is 10.7. The Balaban J connectivity index is 2.62. The van der Waals surface area contributed by atoms with Crippen LogP contribution < -0.4 is 10.1 Å². The van der Waals surface area contributed by atoms with E-state index < -0.39 is 10.0 Å². The van der Waals surface area contributed by atoms with Crippen LogP contribution in [0.4, 0.5) is 0 Å². The van der Waals surface area contributed by atoms with E-state index in [9.17, 15) is 13.2 Å². The first-order valence-corrected chi connectivity index (χ1v) is 9.42. The van der Waals surface area contributed by atoms with Crippen molar-refractivity contribution in [2.75, 3.05) is 33.0 Å². The Morgan fingerprint density at radius 3 is 2.35 bits per heavy atom. The fourth-order valence-electron chi connectivity index (χ4n) is 1.94. The molecular weight excluding hydrogens is 316 g/mol. The Labute approximate surface area is 138 Å². The monoisotopic (exact) mass is 342 g/mol. The number of carbonyl (C=O) groups excluding carboxylic acids is 1. The van der Waals surface area contributed by atoms with Gasteiger partial charge in [0.15, 0.2) is 0 Å². The van der Waals surface area contributed by atoms with Crippen LogP contribution >= 0.6 is 0 Å². The Morgan fingerprint density at radius 1 is 1.26 bits per heavy atom. The highest BCUT2D eigenvalue weighted by atomic mass is 32.2. The highest BCUT2D eigenvalue weighted by Crippen LogP contribution is 2.12. The summed E-state index contributed by atoms with van der Waals surface area (Å²) >= 11 is 0. The number of methoxy groups -OCH3 is 1. The number of nitrogens with zero attached hydrogens (tertiary/aromatic N) is 1. The third-order valence-corrected chi connectivity index (χ3v) is 4.56. The van der Waals surface area contributed by atoms with E-state index in [1.54, 1.807) is 7.11 Å². The summed E-state index contributed by atoms with van der Waals surface area (Å²) in [6.45, 7) is 4.62. The second-order valence-corrected chi connectivity index (χ2v) is 7.87. The van der Waals surface area contributed by atoms with E-state index in [0.29, 0.717) is 18.9 Å². The Kier molecular flexibility index (Phi) is 7.51. The predicted molar refractivity (Wildman–Crippen MR) is 91.0 cm³/mol. The van der Waals surface area contributed by atoms with Gasteiger partial charge in [-0.1, -0.05) is 26.0 Å². The smallest absolute Gasteiger partial charge is 0.235 e. The fourth-order valence-corrected chi connectivity index (χ4v) is 2.72. The molecule has 1 aromatic carbocycles. The zero-order valence-corrected chi connectivity index (χ0v) is 15.0. The van der Waals surface area contributed by atoms with Gasteiger partial charge in [-0.05, 0) is 30.0 Å². The molecule has 0 aliphatic heterocycles. The van der Waals surface area contributed by atoms with E-state index in [1.165, 1.54) is 4.31 Å². The third kappa shape index (κ3) is 7.47. The van der Waals surface area contributed by atoms with Crippen LogP contribution in [0.5, 0.6) is 5.75 Å². The van der Waals surface area contributed by atoms with Crippen molar-refractivity contribution >= 4 is 15.9 Å². The number of hydrogen-bond donors (Lipinski definition) is 1. The van der Waals surface area contributed by atoms with Crippen LogP contribution in [0, 0.1) is 5.92 Å². The van der Waals surface area contributed by atoms with Gasteiger partial charge in [0.2, 0.25) is 15.9 Å². The Morgan fingerprint density at radius 2 is 1.87 bits per heavy atom. The molecule has 23 heavy (non-hydrogen) atoms. The van der Waals surface area contributed by atoms with Gasteiger partial charge >= 0.3 is 0 Å². The molecule has 7 heteroatoms. The van der Waals surface area contributed by atoms with Gasteiger partial charge in [-0.25, -0.2) is 8.42 Å². The molecule has 0 bridgehead atoms. The lowest BCUT2D eigenvalue weighted by Crippen LogP contribution is -2.42. The first kappa shape index (κ1) is 19.4. The van der Waals surface area contributed by atoms with Crippen molar-refractivity contribution in [1.29, 1.82) is 0 Å². The van der Waals surface area contributed by atoms with Crippen molar-refractivity contribution in [2.24, 2.45) is 5.92 Å². The summed E-state index contributed by atoms with van der Waals surface area (Å²) in [6.07, 6.45) is 1.66. The van der Waals surface area contributed by atoms with Crippen LogP contribution in [-0.4, -0.2) is 51.6 Å². The average molecular weight is 342 g/mol. The maximum absolute atomic E-state index is 11.9. The van der Waals surface area contributed by atoms with Crippen LogP contribution in [0.25, 0.3) is 0 Å². The Hall–Kier alpha value is -1.60. The normalized spacial score (nSPS) is 11.7. The topological polar surface area (TPSA) is 75.7 Å². The van der Waals surface area contributed by atoms with Gasteiger partial charge in [0.25, 0.3) is 0 Å².